The lowest BCUT2D eigenvalue weighted by molar-refractivity contribution is 0.525. The van der Waals surface area contributed by atoms with Crippen LogP contribution >= 0.6 is 11.3 Å². The van der Waals surface area contributed by atoms with Crippen molar-refractivity contribution < 1.29 is 0 Å². The maximum Gasteiger partial charge on any atom is 0.0962 e. The SMILES string of the molecule is CCCNC(Cc1csc(C2CC2C)n1)c1ccccc1. The maximum atomic E-state index is 4.87. The average Bonchev–Trinajstić information content (AvgIpc) is 3.07. The second-order valence-corrected chi connectivity index (χ2v) is 7.01. The Morgan fingerprint density at radius 2 is 2.10 bits per heavy atom. The van der Waals surface area contributed by atoms with Gasteiger partial charge in [0.2, 0.25) is 0 Å². The van der Waals surface area contributed by atoms with Crippen LogP contribution in [0.15, 0.2) is 35.7 Å². The molecule has 1 aliphatic rings. The van der Waals surface area contributed by atoms with Crippen LogP contribution in [-0.2, 0) is 6.42 Å². The summed E-state index contributed by atoms with van der Waals surface area (Å²) in [7, 11) is 0. The van der Waals surface area contributed by atoms with E-state index < -0.39 is 0 Å². The Morgan fingerprint density at radius 1 is 1.33 bits per heavy atom. The van der Waals surface area contributed by atoms with Gasteiger partial charge in [-0.2, -0.15) is 0 Å². The number of rotatable bonds is 7. The molecule has 1 fully saturated rings. The Morgan fingerprint density at radius 3 is 2.76 bits per heavy atom. The molecule has 0 radical (unpaired) electrons. The van der Waals surface area contributed by atoms with E-state index in [-0.39, 0.29) is 0 Å². The van der Waals surface area contributed by atoms with Crippen molar-refractivity contribution in [1.82, 2.24) is 10.3 Å². The lowest BCUT2D eigenvalue weighted by atomic mass is 10.0. The van der Waals surface area contributed by atoms with Gasteiger partial charge in [0.05, 0.1) is 10.7 Å². The van der Waals surface area contributed by atoms with Crippen LogP contribution in [0, 0.1) is 5.92 Å². The first-order chi connectivity index (χ1) is 10.3. The largest absolute Gasteiger partial charge is 0.310 e. The third-order valence-electron chi connectivity index (χ3n) is 4.25. The molecule has 3 unspecified atom stereocenters. The fraction of sp³-hybridized carbons (Fsp3) is 0.500. The number of nitrogens with zero attached hydrogens (tertiary/aromatic N) is 1. The quantitative estimate of drug-likeness (QED) is 0.811. The highest BCUT2D eigenvalue weighted by atomic mass is 32.1. The second kappa shape index (κ2) is 6.71. The van der Waals surface area contributed by atoms with Gasteiger partial charge in [-0.05, 0) is 30.9 Å². The molecule has 112 valence electrons. The highest BCUT2D eigenvalue weighted by Crippen LogP contribution is 2.47. The summed E-state index contributed by atoms with van der Waals surface area (Å²) >= 11 is 1.85. The van der Waals surface area contributed by atoms with Gasteiger partial charge >= 0.3 is 0 Å². The van der Waals surface area contributed by atoms with E-state index in [4.69, 9.17) is 4.98 Å². The average molecular weight is 300 g/mol. The lowest BCUT2D eigenvalue weighted by Gasteiger charge is -2.18. The van der Waals surface area contributed by atoms with Crippen molar-refractivity contribution in [2.45, 2.75) is 45.1 Å². The third-order valence-corrected chi connectivity index (χ3v) is 5.28. The summed E-state index contributed by atoms with van der Waals surface area (Å²) in [6.07, 6.45) is 3.47. The molecule has 3 heteroatoms. The number of hydrogen-bond donors (Lipinski definition) is 1. The summed E-state index contributed by atoms with van der Waals surface area (Å²) in [6, 6.07) is 11.1. The van der Waals surface area contributed by atoms with Gasteiger partial charge in [-0.1, -0.05) is 44.2 Å². The Balaban J connectivity index is 1.70. The highest BCUT2D eigenvalue weighted by molar-refractivity contribution is 7.09. The zero-order valence-electron chi connectivity index (χ0n) is 12.9. The van der Waals surface area contributed by atoms with Gasteiger partial charge in [0, 0.05) is 23.8 Å². The highest BCUT2D eigenvalue weighted by Gasteiger charge is 2.36. The van der Waals surface area contributed by atoms with Crippen molar-refractivity contribution in [2.24, 2.45) is 5.92 Å². The third kappa shape index (κ3) is 3.72. The summed E-state index contributed by atoms with van der Waals surface area (Å²) < 4.78 is 0. The fourth-order valence-electron chi connectivity index (χ4n) is 2.77. The number of nitrogens with one attached hydrogen (secondary N) is 1. The summed E-state index contributed by atoms with van der Waals surface area (Å²) in [5, 5.41) is 7.26. The Bertz CT molecular complexity index is 564. The molecule has 2 aromatic rings. The standard InChI is InChI=1S/C18H24N2S/c1-3-9-19-17(14-7-5-4-6-8-14)11-15-12-21-18(20-15)16-10-13(16)2/h4-8,12-13,16-17,19H,3,9-11H2,1-2H3. The van der Waals surface area contributed by atoms with Crippen LogP contribution in [0.2, 0.25) is 0 Å². The van der Waals surface area contributed by atoms with Gasteiger partial charge in [0.1, 0.15) is 0 Å². The Kier molecular flexibility index (Phi) is 4.71. The maximum absolute atomic E-state index is 4.87. The van der Waals surface area contributed by atoms with E-state index in [1.807, 2.05) is 11.3 Å². The molecule has 0 spiro atoms. The Hall–Kier alpha value is -1.19. The molecule has 0 bridgehead atoms. The first kappa shape index (κ1) is 14.7. The molecule has 3 rings (SSSR count). The van der Waals surface area contributed by atoms with Crippen molar-refractivity contribution >= 4 is 11.3 Å². The first-order valence-electron chi connectivity index (χ1n) is 8.00. The minimum atomic E-state index is 0.373. The van der Waals surface area contributed by atoms with Gasteiger partial charge in [-0.15, -0.1) is 11.3 Å². The molecule has 1 aliphatic carbocycles. The normalized spacial score (nSPS) is 22.2. The predicted octanol–water partition coefficient (Wildman–Crippen LogP) is 4.55. The fourth-order valence-corrected chi connectivity index (χ4v) is 3.85. The van der Waals surface area contributed by atoms with E-state index in [2.05, 4.69) is 54.9 Å². The molecular formula is C18H24N2S. The van der Waals surface area contributed by atoms with Gasteiger partial charge in [0.25, 0.3) is 0 Å². The Labute approximate surface area is 131 Å². The van der Waals surface area contributed by atoms with Crippen molar-refractivity contribution in [3.8, 4) is 0 Å². The number of hydrogen-bond acceptors (Lipinski definition) is 3. The van der Waals surface area contributed by atoms with E-state index in [9.17, 15) is 0 Å². The summed E-state index contributed by atoms with van der Waals surface area (Å²) in [4.78, 5) is 4.87. The van der Waals surface area contributed by atoms with Gasteiger partial charge < -0.3 is 5.32 Å². The monoisotopic (exact) mass is 300 g/mol. The smallest absolute Gasteiger partial charge is 0.0962 e. The zero-order chi connectivity index (χ0) is 14.7. The van der Waals surface area contributed by atoms with Gasteiger partial charge in [-0.25, -0.2) is 4.98 Å². The number of aromatic nitrogens is 1. The minimum Gasteiger partial charge on any atom is -0.310 e. The van der Waals surface area contributed by atoms with E-state index in [0.717, 1.165) is 31.2 Å². The minimum absolute atomic E-state index is 0.373. The van der Waals surface area contributed by atoms with Crippen LogP contribution in [-0.4, -0.2) is 11.5 Å². The van der Waals surface area contributed by atoms with E-state index in [0.29, 0.717) is 6.04 Å². The number of thiazole rings is 1. The molecule has 0 saturated heterocycles. The lowest BCUT2D eigenvalue weighted by Crippen LogP contribution is -2.24. The van der Waals surface area contributed by atoms with Gasteiger partial charge in [0.15, 0.2) is 0 Å². The van der Waals surface area contributed by atoms with Crippen LogP contribution in [0.4, 0.5) is 0 Å². The molecule has 1 aromatic heterocycles. The van der Waals surface area contributed by atoms with Crippen LogP contribution in [0.25, 0.3) is 0 Å². The summed E-state index contributed by atoms with van der Waals surface area (Å²) in [5.41, 5.74) is 2.60. The second-order valence-electron chi connectivity index (χ2n) is 6.12. The molecule has 0 amide bonds. The van der Waals surface area contributed by atoms with Crippen molar-refractivity contribution in [3.63, 3.8) is 0 Å². The molecule has 2 nitrogen and oxygen atoms in total. The van der Waals surface area contributed by atoms with Crippen LogP contribution in [0.3, 0.4) is 0 Å². The molecule has 1 N–H and O–H groups in total. The van der Waals surface area contributed by atoms with E-state index in [1.54, 1.807) is 0 Å². The first-order valence-corrected chi connectivity index (χ1v) is 8.88. The molecule has 21 heavy (non-hydrogen) atoms. The van der Waals surface area contributed by atoms with E-state index in [1.165, 1.54) is 22.7 Å². The zero-order valence-corrected chi connectivity index (χ0v) is 13.7. The van der Waals surface area contributed by atoms with Crippen LogP contribution in [0.1, 0.15) is 54.9 Å². The molecule has 1 heterocycles. The van der Waals surface area contributed by atoms with Crippen LogP contribution in [0.5, 0.6) is 0 Å². The molecule has 1 aromatic carbocycles. The molecule has 0 aliphatic heterocycles. The van der Waals surface area contributed by atoms with Crippen molar-refractivity contribution in [3.05, 3.63) is 52.0 Å². The van der Waals surface area contributed by atoms with Crippen LogP contribution < -0.4 is 5.32 Å². The van der Waals surface area contributed by atoms with Gasteiger partial charge in [-0.3, -0.25) is 0 Å². The van der Waals surface area contributed by atoms with E-state index >= 15 is 0 Å². The molecule has 3 atom stereocenters. The van der Waals surface area contributed by atoms with Crippen molar-refractivity contribution in [1.29, 1.82) is 0 Å². The van der Waals surface area contributed by atoms with Crippen molar-refractivity contribution in [2.75, 3.05) is 6.54 Å². The summed E-state index contributed by atoms with van der Waals surface area (Å²) in [5.74, 6) is 1.58. The predicted molar refractivity (Wildman–Crippen MR) is 89.8 cm³/mol. The number of benzene rings is 1. The topological polar surface area (TPSA) is 24.9 Å². The summed E-state index contributed by atoms with van der Waals surface area (Å²) in [6.45, 7) is 5.59. The molecule has 1 saturated carbocycles. The molecular weight excluding hydrogens is 276 g/mol.